The number of carbonyl (C=O) groups is 2. The quantitative estimate of drug-likeness (QED) is 0.398. The zero-order valence-electron chi connectivity index (χ0n) is 16.2. The molecule has 144 valence electrons. The van der Waals surface area contributed by atoms with Crippen LogP contribution in [0.15, 0.2) is 47.7 Å². The lowest BCUT2D eigenvalue weighted by Crippen LogP contribution is -2.25. The normalized spacial score (nSPS) is 15.3. The smallest absolute Gasteiger partial charge is 0.340 e. The second-order valence-electron chi connectivity index (χ2n) is 5.98. The van der Waals surface area contributed by atoms with Crippen LogP contribution in [0.3, 0.4) is 0 Å². The van der Waals surface area contributed by atoms with Crippen molar-refractivity contribution >= 4 is 18.0 Å². The fourth-order valence-corrected chi connectivity index (χ4v) is 2.93. The zero-order chi connectivity index (χ0) is 20.0. The molecule has 6 nitrogen and oxygen atoms in total. The summed E-state index contributed by atoms with van der Waals surface area (Å²) >= 11 is 0. The Kier molecular flexibility index (Phi) is 6.82. The van der Waals surface area contributed by atoms with Crippen LogP contribution in [0, 0.1) is 0 Å². The first kappa shape index (κ1) is 20.3. The minimum atomic E-state index is -0.524. The number of allylic oxidation sites excluding steroid dienone is 1. The van der Waals surface area contributed by atoms with Gasteiger partial charge in [0.05, 0.1) is 25.4 Å². The Morgan fingerprint density at radius 2 is 2.00 bits per heavy atom. The Morgan fingerprint density at radius 3 is 2.59 bits per heavy atom. The number of hydrogen-bond acceptors (Lipinski definition) is 5. The molecule has 2 rings (SSSR count). The van der Waals surface area contributed by atoms with Crippen LogP contribution in [0.1, 0.15) is 25.8 Å². The van der Waals surface area contributed by atoms with Crippen LogP contribution < -0.4 is 9.47 Å². The summed E-state index contributed by atoms with van der Waals surface area (Å²) in [5, 5.41) is 0. The summed E-state index contributed by atoms with van der Waals surface area (Å²) in [6.07, 6.45) is 4.10. The van der Waals surface area contributed by atoms with Gasteiger partial charge in [-0.15, -0.1) is 0 Å². The number of rotatable bonds is 8. The van der Waals surface area contributed by atoms with Crippen molar-refractivity contribution in [3.05, 3.63) is 53.3 Å². The van der Waals surface area contributed by atoms with Crippen LogP contribution in [0.2, 0.25) is 0 Å². The maximum Gasteiger partial charge on any atom is 0.340 e. The second-order valence-corrected chi connectivity index (χ2v) is 5.98. The topological polar surface area (TPSA) is 65.1 Å². The van der Waals surface area contributed by atoms with E-state index in [1.165, 1.54) is 7.11 Å². The highest BCUT2D eigenvalue weighted by Crippen LogP contribution is 2.34. The van der Waals surface area contributed by atoms with Gasteiger partial charge in [0, 0.05) is 12.2 Å². The van der Waals surface area contributed by atoms with E-state index in [0.717, 1.165) is 6.42 Å². The number of nitrogens with zero attached hydrogens (tertiary/aromatic N) is 1. The van der Waals surface area contributed by atoms with Gasteiger partial charge in [-0.1, -0.05) is 25.6 Å². The van der Waals surface area contributed by atoms with E-state index in [2.05, 4.69) is 6.58 Å². The van der Waals surface area contributed by atoms with Crippen molar-refractivity contribution in [2.75, 3.05) is 27.4 Å². The maximum atomic E-state index is 12.8. The molecule has 1 aromatic carbocycles. The molecule has 0 spiro atoms. The first-order valence-corrected chi connectivity index (χ1v) is 8.73. The summed E-state index contributed by atoms with van der Waals surface area (Å²) < 4.78 is 15.8. The third-order valence-corrected chi connectivity index (χ3v) is 4.20. The molecule has 1 aliphatic rings. The summed E-state index contributed by atoms with van der Waals surface area (Å²) in [6.45, 7) is 8.26. The molecule has 1 amide bonds. The van der Waals surface area contributed by atoms with Crippen LogP contribution in [0.25, 0.3) is 6.08 Å². The van der Waals surface area contributed by atoms with Crippen molar-refractivity contribution in [3.8, 4) is 11.5 Å². The van der Waals surface area contributed by atoms with Gasteiger partial charge in [0.1, 0.15) is 6.61 Å². The SMILES string of the molecule is C=CCOc1ccc(/C=C2\C(=O)N(CCC)C(C)=C2C(=O)OC)cc1OC. The summed E-state index contributed by atoms with van der Waals surface area (Å²) in [7, 11) is 2.85. The van der Waals surface area contributed by atoms with Gasteiger partial charge in [-0.2, -0.15) is 0 Å². The number of amides is 1. The minimum absolute atomic E-state index is 0.208. The Bertz CT molecular complexity index is 807. The van der Waals surface area contributed by atoms with Gasteiger partial charge >= 0.3 is 5.97 Å². The lowest BCUT2D eigenvalue weighted by Gasteiger charge is -2.16. The van der Waals surface area contributed by atoms with E-state index in [-0.39, 0.29) is 5.91 Å². The van der Waals surface area contributed by atoms with Crippen LogP contribution in [0.5, 0.6) is 11.5 Å². The monoisotopic (exact) mass is 371 g/mol. The Balaban J connectivity index is 2.47. The number of esters is 1. The van der Waals surface area contributed by atoms with Crippen molar-refractivity contribution in [3.63, 3.8) is 0 Å². The van der Waals surface area contributed by atoms with Crippen molar-refractivity contribution in [2.45, 2.75) is 20.3 Å². The lowest BCUT2D eigenvalue weighted by atomic mass is 10.0. The number of hydrogen-bond donors (Lipinski definition) is 0. The molecule has 0 atom stereocenters. The third kappa shape index (κ3) is 4.22. The van der Waals surface area contributed by atoms with E-state index in [9.17, 15) is 9.59 Å². The molecule has 0 fully saturated rings. The fraction of sp³-hybridized carbons (Fsp3) is 0.333. The highest BCUT2D eigenvalue weighted by Gasteiger charge is 2.36. The van der Waals surface area contributed by atoms with E-state index in [0.29, 0.717) is 47.1 Å². The highest BCUT2D eigenvalue weighted by molar-refractivity contribution is 6.16. The maximum absolute atomic E-state index is 12.8. The summed E-state index contributed by atoms with van der Waals surface area (Å²) in [4.78, 5) is 26.7. The van der Waals surface area contributed by atoms with Crippen LogP contribution >= 0.6 is 0 Å². The highest BCUT2D eigenvalue weighted by atomic mass is 16.5. The molecule has 0 saturated heterocycles. The van der Waals surface area contributed by atoms with E-state index in [4.69, 9.17) is 14.2 Å². The molecule has 1 heterocycles. The minimum Gasteiger partial charge on any atom is -0.493 e. The average molecular weight is 371 g/mol. The Morgan fingerprint density at radius 1 is 1.26 bits per heavy atom. The first-order chi connectivity index (χ1) is 13.0. The Hall–Kier alpha value is -3.02. The number of ether oxygens (including phenoxy) is 3. The predicted molar refractivity (Wildman–Crippen MR) is 103 cm³/mol. The summed E-state index contributed by atoms with van der Waals surface area (Å²) in [5.41, 5.74) is 1.93. The summed E-state index contributed by atoms with van der Waals surface area (Å²) in [6, 6.07) is 5.31. The molecule has 1 aromatic rings. The van der Waals surface area contributed by atoms with E-state index in [1.807, 2.05) is 6.92 Å². The molecule has 0 bridgehead atoms. The van der Waals surface area contributed by atoms with Gasteiger partial charge in [0.2, 0.25) is 0 Å². The Labute approximate surface area is 159 Å². The second kappa shape index (κ2) is 9.07. The molecule has 27 heavy (non-hydrogen) atoms. The molecule has 0 radical (unpaired) electrons. The average Bonchev–Trinajstić information content (AvgIpc) is 2.90. The van der Waals surface area contributed by atoms with Crippen LogP contribution in [-0.4, -0.2) is 44.1 Å². The summed E-state index contributed by atoms with van der Waals surface area (Å²) in [5.74, 6) is 0.372. The standard InChI is InChI=1S/C21H25NO5/c1-6-10-22-14(3)19(21(24)26-5)16(20(22)23)12-15-8-9-17(27-11-7-2)18(13-15)25-4/h7-9,12-13H,2,6,10-11H2,1,3-5H3/b16-12-. The molecule has 0 N–H and O–H groups in total. The predicted octanol–water partition coefficient (Wildman–Crippen LogP) is 3.34. The van der Waals surface area contributed by atoms with Crippen molar-refractivity contribution in [2.24, 2.45) is 0 Å². The molecular weight excluding hydrogens is 346 g/mol. The molecular formula is C21H25NO5. The van der Waals surface area contributed by atoms with Crippen molar-refractivity contribution < 1.29 is 23.8 Å². The van der Waals surface area contributed by atoms with Gasteiger partial charge in [-0.25, -0.2) is 4.79 Å². The van der Waals surface area contributed by atoms with E-state index < -0.39 is 5.97 Å². The number of benzene rings is 1. The van der Waals surface area contributed by atoms with Gasteiger partial charge < -0.3 is 19.1 Å². The fourth-order valence-electron chi connectivity index (χ4n) is 2.93. The largest absolute Gasteiger partial charge is 0.493 e. The van der Waals surface area contributed by atoms with Gasteiger partial charge in [-0.3, -0.25) is 4.79 Å². The molecule has 6 heteroatoms. The first-order valence-electron chi connectivity index (χ1n) is 8.73. The van der Waals surface area contributed by atoms with E-state index in [1.54, 1.807) is 49.3 Å². The lowest BCUT2D eigenvalue weighted by molar-refractivity contribution is -0.136. The molecule has 0 unspecified atom stereocenters. The van der Waals surface area contributed by atoms with Gasteiger partial charge in [0.15, 0.2) is 11.5 Å². The van der Waals surface area contributed by atoms with Crippen molar-refractivity contribution in [1.82, 2.24) is 4.90 Å². The number of carbonyl (C=O) groups excluding carboxylic acids is 2. The number of methoxy groups -OCH3 is 2. The zero-order valence-corrected chi connectivity index (χ0v) is 16.2. The molecule has 1 aliphatic heterocycles. The third-order valence-electron chi connectivity index (χ3n) is 4.20. The molecule has 0 aliphatic carbocycles. The van der Waals surface area contributed by atoms with Crippen LogP contribution in [-0.2, 0) is 14.3 Å². The van der Waals surface area contributed by atoms with Crippen molar-refractivity contribution in [1.29, 1.82) is 0 Å². The van der Waals surface area contributed by atoms with Gasteiger partial charge in [0.25, 0.3) is 5.91 Å². The van der Waals surface area contributed by atoms with Crippen LogP contribution in [0.4, 0.5) is 0 Å². The molecule has 0 saturated carbocycles. The van der Waals surface area contributed by atoms with Gasteiger partial charge in [-0.05, 0) is 37.1 Å². The van der Waals surface area contributed by atoms with E-state index >= 15 is 0 Å². The molecule has 0 aromatic heterocycles.